The largest absolute Gasteiger partial charge is 0.497 e. The molecule has 1 unspecified atom stereocenters. The van der Waals surface area contributed by atoms with Gasteiger partial charge < -0.3 is 4.74 Å². The maximum Gasteiger partial charge on any atom is 0.271 e. The van der Waals surface area contributed by atoms with Gasteiger partial charge in [0.2, 0.25) is 0 Å². The van der Waals surface area contributed by atoms with Crippen LogP contribution < -0.4 is 10.2 Å². The fourth-order valence-corrected chi connectivity index (χ4v) is 2.27. The Kier molecular flexibility index (Phi) is 4.55. The Bertz CT molecular complexity index is 466. The van der Waals surface area contributed by atoms with Crippen LogP contribution in [0.2, 0.25) is 0 Å². The Hall–Kier alpha value is -1.84. The number of methoxy groups -OCH3 is 1. The summed E-state index contributed by atoms with van der Waals surface area (Å²) < 4.78 is 5.06. The highest BCUT2D eigenvalue weighted by Crippen LogP contribution is 2.20. The van der Waals surface area contributed by atoms with Crippen molar-refractivity contribution in [2.75, 3.05) is 7.11 Å². The van der Waals surface area contributed by atoms with Crippen molar-refractivity contribution in [3.8, 4) is 5.75 Å². The predicted octanol–water partition coefficient (Wildman–Crippen LogP) is 2.99. The number of carbonyl (C=O) groups is 1. The van der Waals surface area contributed by atoms with E-state index in [1.807, 2.05) is 0 Å². The summed E-state index contributed by atoms with van der Waals surface area (Å²) in [6.45, 7) is 2.16. The first kappa shape index (κ1) is 13.6. The topological polar surface area (TPSA) is 50.7 Å². The minimum atomic E-state index is -0.173. The molecule has 0 radical (unpaired) electrons. The Balaban J connectivity index is 1.98. The number of nitrogens with one attached hydrogen (secondary N) is 1. The van der Waals surface area contributed by atoms with Gasteiger partial charge in [-0.2, -0.15) is 5.10 Å². The first-order valence-electron chi connectivity index (χ1n) is 6.71. The van der Waals surface area contributed by atoms with Crippen molar-refractivity contribution in [1.82, 2.24) is 5.43 Å². The normalized spacial score (nSPS) is 21.2. The Morgan fingerprint density at radius 1 is 1.32 bits per heavy atom. The number of amides is 1. The van der Waals surface area contributed by atoms with Gasteiger partial charge in [-0.1, -0.05) is 13.3 Å². The molecule has 19 heavy (non-hydrogen) atoms. The molecule has 1 aromatic carbocycles. The molecule has 102 valence electrons. The summed E-state index contributed by atoms with van der Waals surface area (Å²) in [5.41, 5.74) is 4.34. The summed E-state index contributed by atoms with van der Waals surface area (Å²) in [5, 5.41) is 4.27. The van der Waals surface area contributed by atoms with Crippen molar-refractivity contribution >= 4 is 11.6 Å². The molecule has 1 amide bonds. The molecule has 4 heteroatoms. The lowest BCUT2D eigenvalue weighted by atomic mass is 9.89. The molecule has 4 nitrogen and oxygen atoms in total. The van der Waals surface area contributed by atoms with Crippen LogP contribution in [0.1, 0.15) is 43.0 Å². The van der Waals surface area contributed by atoms with Gasteiger partial charge in [-0.05, 0) is 49.4 Å². The average Bonchev–Trinajstić information content (AvgIpc) is 2.46. The molecule has 1 aliphatic carbocycles. The quantitative estimate of drug-likeness (QED) is 0.849. The molecular weight excluding hydrogens is 240 g/mol. The van der Waals surface area contributed by atoms with Crippen molar-refractivity contribution in [3.63, 3.8) is 0 Å². The highest BCUT2D eigenvalue weighted by molar-refractivity contribution is 5.96. The molecule has 1 saturated carbocycles. The van der Waals surface area contributed by atoms with E-state index < -0.39 is 0 Å². The summed E-state index contributed by atoms with van der Waals surface area (Å²) in [4.78, 5) is 11.9. The zero-order chi connectivity index (χ0) is 13.7. The Morgan fingerprint density at radius 2 is 2.05 bits per heavy atom. The van der Waals surface area contributed by atoms with E-state index >= 15 is 0 Å². The molecule has 1 fully saturated rings. The maximum absolute atomic E-state index is 11.9. The second-order valence-corrected chi connectivity index (χ2v) is 4.92. The van der Waals surface area contributed by atoms with Gasteiger partial charge in [-0.25, -0.2) is 5.43 Å². The van der Waals surface area contributed by atoms with Crippen molar-refractivity contribution < 1.29 is 9.53 Å². The van der Waals surface area contributed by atoms with Gasteiger partial charge in [0.05, 0.1) is 7.11 Å². The van der Waals surface area contributed by atoms with Gasteiger partial charge in [0.15, 0.2) is 0 Å². The van der Waals surface area contributed by atoms with Crippen LogP contribution in [0.25, 0.3) is 0 Å². The van der Waals surface area contributed by atoms with Gasteiger partial charge in [0.1, 0.15) is 5.75 Å². The van der Waals surface area contributed by atoms with E-state index in [4.69, 9.17) is 4.74 Å². The van der Waals surface area contributed by atoms with Gasteiger partial charge in [-0.3, -0.25) is 4.79 Å². The first-order chi connectivity index (χ1) is 9.20. The van der Waals surface area contributed by atoms with Gasteiger partial charge in [0.25, 0.3) is 5.91 Å². The third kappa shape index (κ3) is 3.56. The van der Waals surface area contributed by atoms with E-state index in [-0.39, 0.29) is 5.91 Å². The van der Waals surface area contributed by atoms with E-state index in [2.05, 4.69) is 17.5 Å². The molecule has 0 saturated heterocycles. The molecule has 0 bridgehead atoms. The van der Waals surface area contributed by atoms with Crippen LogP contribution in [-0.4, -0.2) is 18.7 Å². The van der Waals surface area contributed by atoms with Gasteiger partial charge in [-0.15, -0.1) is 0 Å². The van der Waals surface area contributed by atoms with Crippen LogP contribution in [0.3, 0.4) is 0 Å². The lowest BCUT2D eigenvalue weighted by molar-refractivity contribution is 0.0954. The lowest BCUT2D eigenvalue weighted by Crippen LogP contribution is -2.24. The lowest BCUT2D eigenvalue weighted by Gasteiger charge is -2.19. The smallest absolute Gasteiger partial charge is 0.271 e. The van der Waals surface area contributed by atoms with E-state index in [9.17, 15) is 4.79 Å². The van der Waals surface area contributed by atoms with Crippen LogP contribution >= 0.6 is 0 Å². The van der Waals surface area contributed by atoms with Gasteiger partial charge in [0, 0.05) is 11.3 Å². The summed E-state index contributed by atoms with van der Waals surface area (Å²) in [6, 6.07) is 7.01. The van der Waals surface area contributed by atoms with E-state index in [0.29, 0.717) is 11.5 Å². The molecular formula is C15H20N2O2. The second kappa shape index (κ2) is 6.36. The number of nitrogens with zero attached hydrogens (tertiary/aromatic N) is 1. The van der Waals surface area contributed by atoms with Crippen molar-refractivity contribution in [1.29, 1.82) is 0 Å². The van der Waals surface area contributed by atoms with Crippen LogP contribution in [0.4, 0.5) is 0 Å². The first-order valence-corrected chi connectivity index (χ1v) is 6.71. The van der Waals surface area contributed by atoms with E-state index in [1.54, 1.807) is 31.4 Å². The predicted molar refractivity (Wildman–Crippen MR) is 75.5 cm³/mol. The summed E-state index contributed by atoms with van der Waals surface area (Å²) in [6.07, 6.45) is 4.58. The monoisotopic (exact) mass is 260 g/mol. The minimum absolute atomic E-state index is 0.173. The average molecular weight is 260 g/mol. The molecule has 1 aliphatic rings. The fourth-order valence-electron chi connectivity index (χ4n) is 2.27. The molecule has 0 aromatic heterocycles. The highest BCUT2D eigenvalue weighted by Gasteiger charge is 2.16. The van der Waals surface area contributed by atoms with Crippen LogP contribution in [0.15, 0.2) is 29.4 Å². The molecule has 1 N–H and O–H groups in total. The number of ether oxygens (including phenoxy) is 1. The van der Waals surface area contributed by atoms with Crippen LogP contribution in [-0.2, 0) is 0 Å². The maximum atomic E-state index is 11.9. The van der Waals surface area contributed by atoms with E-state index in [0.717, 1.165) is 24.3 Å². The second-order valence-electron chi connectivity index (χ2n) is 4.92. The molecule has 0 aliphatic heterocycles. The van der Waals surface area contributed by atoms with Gasteiger partial charge >= 0.3 is 0 Å². The molecule has 1 atom stereocenters. The molecule has 0 heterocycles. The Morgan fingerprint density at radius 3 is 2.68 bits per heavy atom. The van der Waals surface area contributed by atoms with E-state index in [1.165, 1.54) is 12.8 Å². The van der Waals surface area contributed by atoms with Crippen LogP contribution in [0.5, 0.6) is 5.75 Å². The Labute approximate surface area is 113 Å². The summed E-state index contributed by atoms with van der Waals surface area (Å²) in [7, 11) is 1.60. The molecule has 0 spiro atoms. The molecule has 2 rings (SSSR count). The van der Waals surface area contributed by atoms with Crippen LogP contribution in [0, 0.1) is 5.92 Å². The number of carbonyl (C=O) groups excluding carboxylic acids is 1. The number of benzene rings is 1. The zero-order valence-electron chi connectivity index (χ0n) is 11.5. The fraction of sp³-hybridized carbons (Fsp3) is 0.467. The number of rotatable bonds is 3. The SMILES string of the molecule is COc1ccc(C(=O)NN=C2CCCCC2C)cc1. The van der Waals surface area contributed by atoms with Crippen molar-refractivity contribution in [3.05, 3.63) is 29.8 Å². The number of hydrogen-bond donors (Lipinski definition) is 1. The number of hydrogen-bond acceptors (Lipinski definition) is 3. The molecule has 1 aromatic rings. The standard InChI is InChI=1S/C15H20N2O2/c1-11-5-3-4-6-14(11)16-17-15(18)12-7-9-13(19-2)10-8-12/h7-11H,3-6H2,1-2H3,(H,17,18). The highest BCUT2D eigenvalue weighted by atomic mass is 16.5. The number of hydrazone groups is 1. The zero-order valence-corrected chi connectivity index (χ0v) is 11.5. The third-order valence-corrected chi connectivity index (χ3v) is 3.54. The van der Waals surface area contributed by atoms with Crippen molar-refractivity contribution in [2.45, 2.75) is 32.6 Å². The summed E-state index contributed by atoms with van der Waals surface area (Å²) >= 11 is 0. The third-order valence-electron chi connectivity index (χ3n) is 3.54. The van der Waals surface area contributed by atoms with Crippen molar-refractivity contribution in [2.24, 2.45) is 11.0 Å². The minimum Gasteiger partial charge on any atom is -0.497 e. The summed E-state index contributed by atoms with van der Waals surface area (Å²) in [5.74, 6) is 1.04.